The molecule has 0 radical (unpaired) electrons. The van der Waals surface area contributed by atoms with Gasteiger partial charge >= 0.3 is 0 Å². The van der Waals surface area contributed by atoms with Crippen molar-refractivity contribution in [3.05, 3.63) is 42.1 Å². The van der Waals surface area contributed by atoms with Crippen LogP contribution in [0, 0.1) is 0 Å². The van der Waals surface area contributed by atoms with Gasteiger partial charge in [-0.05, 0) is 13.5 Å². The Bertz CT molecular complexity index is 745. The number of piperazine rings is 1. The van der Waals surface area contributed by atoms with Crippen LogP contribution in [0.3, 0.4) is 0 Å². The van der Waals surface area contributed by atoms with E-state index in [9.17, 15) is 4.79 Å². The zero-order valence-corrected chi connectivity index (χ0v) is 16.0. The Hall–Kier alpha value is -2.51. The number of carbonyl (C=O) groups is 1. The summed E-state index contributed by atoms with van der Waals surface area (Å²) in [7, 11) is 3.76. The average molecular weight is 369 g/mol. The highest BCUT2D eigenvalue weighted by Crippen LogP contribution is 2.19. The molecule has 1 aromatic carbocycles. The molecule has 1 aliphatic heterocycles. The molecular formula is C20H27N5O2. The number of amides is 1. The van der Waals surface area contributed by atoms with E-state index in [-0.39, 0.29) is 5.91 Å². The highest BCUT2D eigenvalue weighted by Gasteiger charge is 2.22. The third-order valence-corrected chi connectivity index (χ3v) is 4.60. The molecule has 0 atom stereocenters. The van der Waals surface area contributed by atoms with E-state index in [1.54, 1.807) is 13.2 Å². The van der Waals surface area contributed by atoms with Crippen LogP contribution in [-0.2, 0) is 4.74 Å². The van der Waals surface area contributed by atoms with Crippen LogP contribution >= 0.6 is 0 Å². The molecular weight excluding hydrogens is 342 g/mol. The van der Waals surface area contributed by atoms with Gasteiger partial charge in [0.2, 0.25) is 0 Å². The van der Waals surface area contributed by atoms with Gasteiger partial charge in [-0.25, -0.2) is 9.97 Å². The number of nitrogens with zero attached hydrogens (tertiary/aromatic N) is 4. The molecule has 3 rings (SSSR count). The fourth-order valence-electron chi connectivity index (χ4n) is 2.97. The van der Waals surface area contributed by atoms with Gasteiger partial charge in [-0.3, -0.25) is 4.79 Å². The first-order valence-electron chi connectivity index (χ1n) is 9.32. The van der Waals surface area contributed by atoms with Gasteiger partial charge in [0.25, 0.3) is 5.91 Å². The lowest BCUT2D eigenvalue weighted by atomic mass is 10.2. The van der Waals surface area contributed by atoms with Crippen molar-refractivity contribution >= 4 is 11.7 Å². The molecule has 1 aromatic heterocycles. The van der Waals surface area contributed by atoms with E-state index >= 15 is 0 Å². The highest BCUT2D eigenvalue weighted by atomic mass is 16.5. The van der Waals surface area contributed by atoms with Crippen molar-refractivity contribution in [2.75, 3.05) is 58.8 Å². The molecule has 27 heavy (non-hydrogen) atoms. The molecule has 144 valence electrons. The normalized spacial score (nSPS) is 15.0. The van der Waals surface area contributed by atoms with E-state index in [4.69, 9.17) is 4.74 Å². The van der Waals surface area contributed by atoms with Gasteiger partial charge in [-0.15, -0.1) is 0 Å². The number of rotatable bonds is 7. The second kappa shape index (κ2) is 9.43. The van der Waals surface area contributed by atoms with Crippen molar-refractivity contribution in [3.63, 3.8) is 0 Å². The number of ether oxygens (including phenoxy) is 1. The number of methoxy groups -OCH3 is 1. The molecule has 0 aliphatic carbocycles. The van der Waals surface area contributed by atoms with Crippen LogP contribution in [0.5, 0.6) is 0 Å². The first-order chi connectivity index (χ1) is 13.2. The summed E-state index contributed by atoms with van der Waals surface area (Å²) in [5.41, 5.74) is 1.33. The lowest BCUT2D eigenvalue weighted by molar-refractivity contribution is 0.0658. The minimum Gasteiger partial charge on any atom is -0.385 e. The van der Waals surface area contributed by atoms with Crippen molar-refractivity contribution in [1.82, 2.24) is 19.8 Å². The molecule has 2 heterocycles. The van der Waals surface area contributed by atoms with E-state index in [0.717, 1.165) is 44.7 Å². The summed E-state index contributed by atoms with van der Waals surface area (Å²) in [4.78, 5) is 26.2. The molecule has 0 saturated carbocycles. The quantitative estimate of drug-likeness (QED) is 0.753. The van der Waals surface area contributed by atoms with Crippen molar-refractivity contribution < 1.29 is 9.53 Å². The highest BCUT2D eigenvalue weighted by molar-refractivity contribution is 5.93. The lowest BCUT2D eigenvalue weighted by Gasteiger charge is -2.32. The van der Waals surface area contributed by atoms with E-state index in [1.807, 2.05) is 35.2 Å². The summed E-state index contributed by atoms with van der Waals surface area (Å²) in [5, 5.41) is 3.28. The van der Waals surface area contributed by atoms with E-state index < -0.39 is 0 Å². The Kier molecular flexibility index (Phi) is 6.73. The van der Waals surface area contributed by atoms with Crippen molar-refractivity contribution in [2.24, 2.45) is 0 Å². The largest absolute Gasteiger partial charge is 0.385 e. The summed E-state index contributed by atoms with van der Waals surface area (Å²) >= 11 is 0. The van der Waals surface area contributed by atoms with Gasteiger partial charge < -0.3 is 19.9 Å². The van der Waals surface area contributed by atoms with Gasteiger partial charge in [0.15, 0.2) is 5.82 Å². The maximum Gasteiger partial charge on any atom is 0.272 e. The third-order valence-electron chi connectivity index (χ3n) is 4.60. The molecule has 0 spiro atoms. The Balaban J connectivity index is 1.84. The molecule has 1 fully saturated rings. The minimum atomic E-state index is -0.0392. The number of nitrogens with one attached hydrogen (secondary N) is 1. The van der Waals surface area contributed by atoms with Crippen LogP contribution in [0.15, 0.2) is 36.4 Å². The van der Waals surface area contributed by atoms with E-state index in [1.165, 1.54) is 0 Å². The Labute approximate surface area is 160 Å². The van der Waals surface area contributed by atoms with Crippen LogP contribution in [0.4, 0.5) is 5.82 Å². The molecule has 7 nitrogen and oxygen atoms in total. The SMILES string of the molecule is COCCCNc1cc(C(=O)N2CCN(C)CC2)nc(-c2ccccc2)n1. The van der Waals surface area contributed by atoms with Crippen LogP contribution in [0.2, 0.25) is 0 Å². The average Bonchev–Trinajstić information content (AvgIpc) is 2.72. The predicted octanol–water partition coefficient (Wildman–Crippen LogP) is 1.98. The molecule has 1 saturated heterocycles. The Morgan fingerprint density at radius 3 is 2.59 bits per heavy atom. The van der Waals surface area contributed by atoms with Gasteiger partial charge in [-0.2, -0.15) is 0 Å². The fraction of sp³-hybridized carbons (Fsp3) is 0.450. The van der Waals surface area contributed by atoms with Crippen molar-refractivity contribution in [2.45, 2.75) is 6.42 Å². The number of carbonyl (C=O) groups excluding carboxylic acids is 1. The van der Waals surface area contributed by atoms with Crippen LogP contribution in [0.25, 0.3) is 11.4 Å². The Morgan fingerprint density at radius 1 is 1.15 bits per heavy atom. The van der Waals surface area contributed by atoms with Crippen molar-refractivity contribution in [1.29, 1.82) is 0 Å². The number of likely N-dealkylation sites (N-methyl/N-ethyl adjacent to an activating group) is 1. The van der Waals surface area contributed by atoms with Crippen LogP contribution in [-0.4, -0.2) is 79.2 Å². The van der Waals surface area contributed by atoms with Crippen LogP contribution < -0.4 is 5.32 Å². The zero-order valence-electron chi connectivity index (χ0n) is 16.0. The smallest absolute Gasteiger partial charge is 0.272 e. The van der Waals surface area contributed by atoms with Crippen molar-refractivity contribution in [3.8, 4) is 11.4 Å². The Morgan fingerprint density at radius 2 is 1.89 bits per heavy atom. The van der Waals surface area contributed by atoms with E-state index in [0.29, 0.717) is 23.9 Å². The number of anilines is 1. The van der Waals surface area contributed by atoms with Gasteiger partial charge in [-0.1, -0.05) is 30.3 Å². The molecule has 1 amide bonds. The predicted molar refractivity (Wildman–Crippen MR) is 106 cm³/mol. The van der Waals surface area contributed by atoms with Crippen LogP contribution in [0.1, 0.15) is 16.9 Å². The van der Waals surface area contributed by atoms with Gasteiger partial charge in [0, 0.05) is 58.1 Å². The lowest BCUT2D eigenvalue weighted by Crippen LogP contribution is -2.47. The summed E-state index contributed by atoms with van der Waals surface area (Å²) < 4.78 is 5.09. The van der Waals surface area contributed by atoms with Gasteiger partial charge in [0.1, 0.15) is 11.5 Å². The molecule has 1 N–H and O–H groups in total. The topological polar surface area (TPSA) is 70.6 Å². The minimum absolute atomic E-state index is 0.0392. The second-order valence-corrected chi connectivity index (χ2v) is 6.70. The molecule has 1 aliphatic rings. The molecule has 2 aromatic rings. The molecule has 7 heteroatoms. The standard InChI is InChI=1S/C20H27N5O2/c1-24-10-12-25(13-11-24)20(26)17-15-18(21-9-6-14-27-2)23-19(22-17)16-7-4-3-5-8-16/h3-5,7-8,15H,6,9-14H2,1-2H3,(H,21,22,23). The number of benzene rings is 1. The van der Waals surface area contributed by atoms with E-state index in [2.05, 4.69) is 27.2 Å². The summed E-state index contributed by atoms with van der Waals surface area (Å²) in [6, 6.07) is 11.5. The molecule has 0 unspecified atom stereocenters. The number of aromatic nitrogens is 2. The first kappa shape index (κ1) is 19.3. The number of hydrogen-bond donors (Lipinski definition) is 1. The summed E-state index contributed by atoms with van der Waals surface area (Å²) in [5.74, 6) is 1.19. The third kappa shape index (κ3) is 5.24. The maximum atomic E-state index is 13.0. The molecule has 0 bridgehead atoms. The number of hydrogen-bond acceptors (Lipinski definition) is 6. The zero-order chi connectivity index (χ0) is 19.1. The monoisotopic (exact) mass is 369 g/mol. The second-order valence-electron chi connectivity index (χ2n) is 6.70. The first-order valence-corrected chi connectivity index (χ1v) is 9.32. The summed E-state index contributed by atoms with van der Waals surface area (Å²) in [6.45, 7) is 4.60. The fourth-order valence-corrected chi connectivity index (χ4v) is 2.97. The maximum absolute atomic E-state index is 13.0. The summed E-state index contributed by atoms with van der Waals surface area (Å²) in [6.07, 6.45) is 0.864. The van der Waals surface area contributed by atoms with Gasteiger partial charge in [0.05, 0.1) is 0 Å².